The fourth-order valence-electron chi connectivity index (χ4n) is 2.55. The average Bonchev–Trinajstić information content (AvgIpc) is 2.41. The molecule has 0 spiro atoms. The zero-order valence-corrected chi connectivity index (χ0v) is 13.0. The van der Waals surface area contributed by atoms with E-state index in [2.05, 4.69) is 27.7 Å². The number of methoxy groups -OCH3 is 1. The molecule has 1 fully saturated rings. The van der Waals surface area contributed by atoms with Gasteiger partial charge in [0.2, 0.25) is 0 Å². The first-order chi connectivity index (χ1) is 9.27. The summed E-state index contributed by atoms with van der Waals surface area (Å²) in [6, 6.07) is 7.53. The van der Waals surface area contributed by atoms with Gasteiger partial charge in [0.15, 0.2) is 0 Å². The summed E-state index contributed by atoms with van der Waals surface area (Å²) in [4.78, 5) is 11.4. The molecule has 1 aromatic rings. The Morgan fingerprint density at radius 1 is 1.20 bits per heavy atom. The fourth-order valence-corrected chi connectivity index (χ4v) is 2.55. The van der Waals surface area contributed by atoms with E-state index in [0.29, 0.717) is 5.56 Å². The highest BCUT2D eigenvalue weighted by atomic mass is 16.5. The molecule has 4 heteroatoms. The van der Waals surface area contributed by atoms with E-state index in [9.17, 15) is 4.79 Å². The first-order valence-corrected chi connectivity index (χ1v) is 7.13. The van der Waals surface area contributed by atoms with Crippen molar-refractivity contribution in [3.05, 3.63) is 29.8 Å². The van der Waals surface area contributed by atoms with Crippen LogP contribution in [-0.2, 0) is 9.39 Å². The van der Waals surface area contributed by atoms with Gasteiger partial charge in [0.1, 0.15) is 0 Å². The Bertz CT molecular complexity index is 491. The maximum Gasteiger partial charge on any atom is 0.337 e. The summed E-state index contributed by atoms with van der Waals surface area (Å²) in [6.07, 6.45) is 2.14. The van der Waals surface area contributed by atoms with Gasteiger partial charge in [0.25, 0.3) is 0 Å². The quantitative estimate of drug-likeness (QED) is 0.614. The maximum absolute atomic E-state index is 11.4. The number of carbonyl (C=O) groups is 1. The SMILES string of the molecule is COC(=O)c1ccc(B2CCC(C)(C)C(C)(C)O2)cc1. The van der Waals surface area contributed by atoms with E-state index in [1.54, 1.807) is 12.1 Å². The Morgan fingerprint density at radius 3 is 2.30 bits per heavy atom. The molecule has 0 saturated carbocycles. The summed E-state index contributed by atoms with van der Waals surface area (Å²) >= 11 is 0. The molecule has 0 N–H and O–H groups in total. The Balaban J connectivity index is 2.15. The highest BCUT2D eigenvalue weighted by molar-refractivity contribution is 6.67. The lowest BCUT2D eigenvalue weighted by Crippen LogP contribution is -2.53. The first kappa shape index (κ1) is 15.1. The van der Waals surface area contributed by atoms with Gasteiger partial charge in [0.05, 0.1) is 18.3 Å². The van der Waals surface area contributed by atoms with Crippen LogP contribution in [0.5, 0.6) is 0 Å². The molecule has 0 atom stereocenters. The topological polar surface area (TPSA) is 35.5 Å². The van der Waals surface area contributed by atoms with Gasteiger partial charge in [-0.05, 0) is 49.6 Å². The Labute approximate surface area is 121 Å². The first-order valence-electron chi connectivity index (χ1n) is 7.13. The molecule has 1 aromatic carbocycles. The molecule has 1 aliphatic rings. The molecule has 108 valence electrons. The number of hydrogen-bond donors (Lipinski definition) is 0. The van der Waals surface area contributed by atoms with E-state index in [4.69, 9.17) is 9.39 Å². The molecule has 1 aliphatic heterocycles. The van der Waals surface area contributed by atoms with Crippen molar-refractivity contribution in [1.82, 2.24) is 0 Å². The van der Waals surface area contributed by atoms with E-state index in [-0.39, 0.29) is 23.9 Å². The minimum absolute atomic E-state index is 0.102. The summed E-state index contributed by atoms with van der Waals surface area (Å²) < 4.78 is 11.0. The molecule has 3 nitrogen and oxygen atoms in total. The second kappa shape index (κ2) is 5.25. The van der Waals surface area contributed by atoms with Gasteiger partial charge >= 0.3 is 12.9 Å². The van der Waals surface area contributed by atoms with Gasteiger partial charge in [0, 0.05) is 0 Å². The summed E-state index contributed by atoms with van der Waals surface area (Å²) in [5.74, 6) is -0.303. The van der Waals surface area contributed by atoms with E-state index in [1.807, 2.05) is 12.1 Å². The van der Waals surface area contributed by atoms with E-state index in [1.165, 1.54) is 7.11 Å². The molecule has 0 amide bonds. The van der Waals surface area contributed by atoms with Gasteiger partial charge in [-0.25, -0.2) is 4.79 Å². The minimum atomic E-state index is -0.303. The molecule has 0 aromatic heterocycles. The largest absolute Gasteiger partial charge is 0.465 e. The van der Waals surface area contributed by atoms with Crippen LogP contribution in [0.15, 0.2) is 24.3 Å². The number of ether oxygens (including phenoxy) is 1. The standard InChI is InChI=1S/C16H23BO3/c1-15(2)10-11-17(20-16(15,3)4)13-8-6-12(7-9-13)14(18)19-5/h6-9H,10-11H2,1-5H3. The van der Waals surface area contributed by atoms with Crippen LogP contribution in [0, 0.1) is 5.41 Å². The number of esters is 1. The van der Waals surface area contributed by atoms with Crippen molar-refractivity contribution in [2.24, 2.45) is 5.41 Å². The number of benzene rings is 1. The Kier molecular flexibility index (Phi) is 3.96. The van der Waals surface area contributed by atoms with Crippen molar-refractivity contribution in [1.29, 1.82) is 0 Å². The monoisotopic (exact) mass is 274 g/mol. The molecule has 1 saturated heterocycles. The molecule has 0 aliphatic carbocycles. The van der Waals surface area contributed by atoms with Gasteiger partial charge in [-0.3, -0.25) is 0 Å². The lowest BCUT2D eigenvalue weighted by molar-refractivity contribution is -0.0311. The van der Waals surface area contributed by atoms with Gasteiger partial charge < -0.3 is 9.39 Å². The van der Waals surface area contributed by atoms with Crippen molar-refractivity contribution >= 4 is 18.3 Å². The fraction of sp³-hybridized carbons (Fsp3) is 0.562. The predicted octanol–water partition coefficient (Wildman–Crippen LogP) is 2.90. The summed E-state index contributed by atoms with van der Waals surface area (Å²) in [6.45, 7) is 8.92. The Hall–Kier alpha value is -1.29. The van der Waals surface area contributed by atoms with Crippen LogP contribution in [0.25, 0.3) is 0 Å². The number of carbonyl (C=O) groups excluding carboxylic acids is 1. The molecule has 0 bridgehead atoms. The van der Waals surface area contributed by atoms with Crippen LogP contribution < -0.4 is 5.46 Å². The van der Waals surface area contributed by atoms with Crippen LogP contribution in [0.1, 0.15) is 44.5 Å². The molecule has 20 heavy (non-hydrogen) atoms. The lowest BCUT2D eigenvalue weighted by Gasteiger charge is -2.48. The number of hydrogen-bond acceptors (Lipinski definition) is 3. The summed E-state index contributed by atoms with van der Waals surface area (Å²) in [5.41, 5.74) is 1.72. The second-order valence-electron chi connectivity index (χ2n) is 6.65. The third kappa shape index (κ3) is 2.75. The third-order valence-electron chi connectivity index (χ3n) is 4.80. The molecule has 2 rings (SSSR count). The van der Waals surface area contributed by atoms with Crippen LogP contribution in [-0.4, -0.2) is 25.6 Å². The molecular formula is C16H23BO3. The maximum atomic E-state index is 11.4. The van der Waals surface area contributed by atoms with Gasteiger partial charge in [-0.1, -0.05) is 26.0 Å². The molecule has 1 heterocycles. The second-order valence-corrected chi connectivity index (χ2v) is 6.65. The van der Waals surface area contributed by atoms with E-state index < -0.39 is 0 Å². The molecule has 0 unspecified atom stereocenters. The normalized spacial score (nSPS) is 20.6. The van der Waals surface area contributed by atoms with E-state index in [0.717, 1.165) is 18.2 Å². The van der Waals surface area contributed by atoms with Gasteiger partial charge in [-0.15, -0.1) is 0 Å². The predicted molar refractivity (Wildman–Crippen MR) is 81.5 cm³/mol. The highest BCUT2D eigenvalue weighted by Gasteiger charge is 2.45. The van der Waals surface area contributed by atoms with Crippen molar-refractivity contribution < 1.29 is 14.2 Å². The van der Waals surface area contributed by atoms with Crippen molar-refractivity contribution in [2.75, 3.05) is 7.11 Å². The van der Waals surface area contributed by atoms with Crippen molar-refractivity contribution in [2.45, 2.75) is 46.0 Å². The van der Waals surface area contributed by atoms with Crippen LogP contribution in [0.3, 0.4) is 0 Å². The zero-order valence-electron chi connectivity index (χ0n) is 13.0. The van der Waals surface area contributed by atoms with E-state index >= 15 is 0 Å². The lowest BCUT2D eigenvalue weighted by atomic mass is 9.50. The minimum Gasteiger partial charge on any atom is -0.465 e. The van der Waals surface area contributed by atoms with Crippen molar-refractivity contribution in [3.8, 4) is 0 Å². The molecular weight excluding hydrogens is 251 g/mol. The summed E-state index contributed by atoms with van der Waals surface area (Å²) in [7, 11) is 1.39. The van der Waals surface area contributed by atoms with Crippen LogP contribution >= 0.6 is 0 Å². The van der Waals surface area contributed by atoms with Crippen LogP contribution in [0.4, 0.5) is 0 Å². The number of rotatable bonds is 2. The van der Waals surface area contributed by atoms with Crippen molar-refractivity contribution in [3.63, 3.8) is 0 Å². The average molecular weight is 274 g/mol. The van der Waals surface area contributed by atoms with Crippen LogP contribution in [0.2, 0.25) is 6.32 Å². The summed E-state index contributed by atoms with van der Waals surface area (Å²) in [5, 5.41) is 0. The smallest absolute Gasteiger partial charge is 0.337 e. The third-order valence-corrected chi connectivity index (χ3v) is 4.80. The molecule has 0 radical (unpaired) electrons. The van der Waals surface area contributed by atoms with Gasteiger partial charge in [-0.2, -0.15) is 0 Å². The highest BCUT2D eigenvalue weighted by Crippen LogP contribution is 2.42. The zero-order chi connectivity index (χ0) is 15.0. The Morgan fingerprint density at radius 2 is 1.80 bits per heavy atom.